The second kappa shape index (κ2) is 7.13. The topological polar surface area (TPSA) is 32.7 Å². The van der Waals surface area contributed by atoms with E-state index in [1.165, 1.54) is 0 Å². The minimum absolute atomic E-state index is 0.0218. The van der Waals surface area contributed by atoms with E-state index in [0.29, 0.717) is 11.1 Å². The van der Waals surface area contributed by atoms with Gasteiger partial charge in [0.1, 0.15) is 0 Å². The van der Waals surface area contributed by atoms with Crippen LogP contribution in [0.3, 0.4) is 0 Å². The molecule has 0 radical (unpaired) electrons. The number of hydrogen-bond donors (Lipinski definition) is 1. The molecule has 1 fully saturated rings. The predicted molar refractivity (Wildman–Crippen MR) is 78.9 cm³/mol. The molecule has 1 unspecified atom stereocenters. The SMILES string of the molecule is CCCOC1CCCN(c2cccc(Cl)c2CO)C1. The quantitative estimate of drug-likeness (QED) is 0.900. The van der Waals surface area contributed by atoms with Crippen molar-refractivity contribution in [2.75, 3.05) is 24.6 Å². The molecule has 0 saturated carbocycles. The van der Waals surface area contributed by atoms with Crippen LogP contribution in [0.4, 0.5) is 5.69 Å². The molecular weight excluding hydrogens is 262 g/mol. The minimum atomic E-state index is -0.0218. The zero-order valence-corrected chi connectivity index (χ0v) is 12.2. The van der Waals surface area contributed by atoms with Crippen LogP contribution >= 0.6 is 11.6 Å². The van der Waals surface area contributed by atoms with E-state index in [1.807, 2.05) is 18.2 Å². The largest absolute Gasteiger partial charge is 0.392 e. The lowest BCUT2D eigenvalue weighted by Gasteiger charge is -2.35. The maximum atomic E-state index is 9.49. The van der Waals surface area contributed by atoms with Crippen LogP contribution in [0.15, 0.2) is 18.2 Å². The smallest absolute Gasteiger partial charge is 0.0750 e. The summed E-state index contributed by atoms with van der Waals surface area (Å²) in [5.74, 6) is 0. The van der Waals surface area contributed by atoms with E-state index in [2.05, 4.69) is 11.8 Å². The zero-order chi connectivity index (χ0) is 13.7. The molecule has 0 aromatic heterocycles. The van der Waals surface area contributed by atoms with Crippen molar-refractivity contribution in [2.24, 2.45) is 0 Å². The molecule has 3 nitrogen and oxygen atoms in total. The molecule has 1 heterocycles. The second-order valence-electron chi connectivity index (χ2n) is 4.98. The molecule has 0 amide bonds. The van der Waals surface area contributed by atoms with Gasteiger partial charge in [-0.25, -0.2) is 0 Å². The second-order valence-corrected chi connectivity index (χ2v) is 5.38. The first-order valence-electron chi connectivity index (χ1n) is 7.01. The van der Waals surface area contributed by atoms with Crippen molar-refractivity contribution in [3.05, 3.63) is 28.8 Å². The van der Waals surface area contributed by atoms with Crippen molar-refractivity contribution in [1.29, 1.82) is 0 Å². The third kappa shape index (κ3) is 3.62. The Kier molecular flexibility index (Phi) is 5.49. The lowest BCUT2D eigenvalue weighted by molar-refractivity contribution is 0.0440. The summed E-state index contributed by atoms with van der Waals surface area (Å²) in [7, 11) is 0. The Morgan fingerprint density at radius 1 is 1.47 bits per heavy atom. The van der Waals surface area contributed by atoms with Gasteiger partial charge in [0.05, 0.1) is 12.7 Å². The van der Waals surface area contributed by atoms with Crippen molar-refractivity contribution in [3.63, 3.8) is 0 Å². The molecule has 1 saturated heterocycles. The van der Waals surface area contributed by atoms with E-state index in [0.717, 1.165) is 50.2 Å². The molecule has 4 heteroatoms. The Morgan fingerprint density at radius 2 is 2.32 bits per heavy atom. The average Bonchev–Trinajstić information content (AvgIpc) is 2.45. The van der Waals surface area contributed by atoms with Crippen molar-refractivity contribution in [1.82, 2.24) is 0 Å². The van der Waals surface area contributed by atoms with Gasteiger partial charge < -0.3 is 14.7 Å². The van der Waals surface area contributed by atoms with Crippen molar-refractivity contribution in [3.8, 4) is 0 Å². The van der Waals surface area contributed by atoms with Gasteiger partial charge in [0.25, 0.3) is 0 Å². The van der Waals surface area contributed by atoms with Gasteiger partial charge >= 0.3 is 0 Å². The van der Waals surface area contributed by atoms with Gasteiger partial charge in [-0.1, -0.05) is 24.6 Å². The van der Waals surface area contributed by atoms with Gasteiger partial charge in [0.15, 0.2) is 0 Å². The molecule has 2 rings (SSSR count). The predicted octanol–water partition coefficient (Wildman–Crippen LogP) is 3.23. The van der Waals surface area contributed by atoms with Crippen LogP contribution in [0.2, 0.25) is 5.02 Å². The van der Waals surface area contributed by atoms with E-state index < -0.39 is 0 Å². The summed E-state index contributed by atoms with van der Waals surface area (Å²) >= 11 is 6.15. The number of halogens is 1. The van der Waals surface area contributed by atoms with Crippen LogP contribution in [-0.4, -0.2) is 30.9 Å². The monoisotopic (exact) mass is 283 g/mol. The summed E-state index contributed by atoms with van der Waals surface area (Å²) in [4.78, 5) is 2.28. The van der Waals surface area contributed by atoms with Gasteiger partial charge in [-0.3, -0.25) is 0 Å². The van der Waals surface area contributed by atoms with Crippen LogP contribution in [0, 0.1) is 0 Å². The summed E-state index contributed by atoms with van der Waals surface area (Å²) in [5, 5.41) is 10.1. The van der Waals surface area contributed by atoms with Crippen LogP contribution in [-0.2, 0) is 11.3 Å². The molecular formula is C15H22ClNO2. The van der Waals surface area contributed by atoms with E-state index in [1.54, 1.807) is 0 Å². The summed E-state index contributed by atoms with van der Waals surface area (Å²) in [6, 6.07) is 5.79. The molecule has 1 N–H and O–H groups in total. The fourth-order valence-corrected chi connectivity index (χ4v) is 2.81. The Hall–Kier alpha value is -0.770. The lowest BCUT2D eigenvalue weighted by atomic mass is 10.1. The number of benzene rings is 1. The van der Waals surface area contributed by atoms with Crippen LogP contribution in [0.25, 0.3) is 0 Å². The molecule has 1 aliphatic rings. The maximum Gasteiger partial charge on any atom is 0.0750 e. The average molecular weight is 284 g/mol. The number of piperidine rings is 1. The molecule has 1 aromatic carbocycles. The van der Waals surface area contributed by atoms with Crippen molar-refractivity contribution in [2.45, 2.75) is 38.9 Å². The number of nitrogens with zero attached hydrogens (tertiary/aromatic N) is 1. The van der Waals surface area contributed by atoms with Gasteiger partial charge in [-0.2, -0.15) is 0 Å². The standard InChI is InChI=1S/C15H22ClNO2/c1-2-9-19-12-5-4-8-17(10-12)15-7-3-6-14(16)13(15)11-18/h3,6-7,12,18H,2,4-5,8-11H2,1H3. The number of aliphatic hydroxyl groups is 1. The third-order valence-electron chi connectivity index (χ3n) is 3.53. The van der Waals surface area contributed by atoms with Gasteiger partial charge in [0.2, 0.25) is 0 Å². The van der Waals surface area contributed by atoms with Gasteiger partial charge in [0, 0.05) is 36.0 Å². The maximum absolute atomic E-state index is 9.49. The molecule has 0 aliphatic carbocycles. The summed E-state index contributed by atoms with van der Waals surface area (Å²) in [5.41, 5.74) is 1.86. The minimum Gasteiger partial charge on any atom is -0.392 e. The first-order chi connectivity index (χ1) is 9.26. The van der Waals surface area contributed by atoms with Crippen LogP contribution in [0.1, 0.15) is 31.7 Å². The van der Waals surface area contributed by atoms with E-state index in [4.69, 9.17) is 16.3 Å². The number of rotatable bonds is 5. The Labute approximate surface area is 120 Å². The van der Waals surface area contributed by atoms with Gasteiger partial charge in [-0.05, 0) is 31.4 Å². The summed E-state index contributed by atoms with van der Waals surface area (Å²) in [6.07, 6.45) is 3.58. The molecule has 19 heavy (non-hydrogen) atoms. The number of hydrogen-bond acceptors (Lipinski definition) is 3. The fraction of sp³-hybridized carbons (Fsp3) is 0.600. The Bertz CT molecular complexity index is 411. The molecule has 0 bridgehead atoms. The first kappa shape index (κ1) is 14.6. The molecule has 1 aromatic rings. The van der Waals surface area contributed by atoms with Crippen molar-refractivity contribution < 1.29 is 9.84 Å². The highest BCUT2D eigenvalue weighted by Crippen LogP contribution is 2.30. The van der Waals surface area contributed by atoms with Crippen LogP contribution in [0.5, 0.6) is 0 Å². The number of ether oxygens (including phenoxy) is 1. The molecule has 1 atom stereocenters. The van der Waals surface area contributed by atoms with E-state index in [9.17, 15) is 5.11 Å². The Morgan fingerprint density at radius 3 is 3.05 bits per heavy atom. The van der Waals surface area contributed by atoms with Crippen LogP contribution < -0.4 is 4.90 Å². The van der Waals surface area contributed by atoms with Gasteiger partial charge in [-0.15, -0.1) is 0 Å². The van der Waals surface area contributed by atoms with Crippen molar-refractivity contribution >= 4 is 17.3 Å². The summed E-state index contributed by atoms with van der Waals surface area (Å²) < 4.78 is 5.85. The Balaban J connectivity index is 2.10. The molecule has 106 valence electrons. The van der Waals surface area contributed by atoms with E-state index in [-0.39, 0.29) is 6.61 Å². The highest BCUT2D eigenvalue weighted by molar-refractivity contribution is 6.31. The number of anilines is 1. The zero-order valence-electron chi connectivity index (χ0n) is 11.4. The highest BCUT2D eigenvalue weighted by Gasteiger charge is 2.22. The normalized spacial score (nSPS) is 19.7. The van der Waals surface area contributed by atoms with E-state index >= 15 is 0 Å². The summed E-state index contributed by atoms with van der Waals surface area (Å²) in [6.45, 7) is 4.81. The first-order valence-corrected chi connectivity index (χ1v) is 7.38. The third-order valence-corrected chi connectivity index (χ3v) is 3.88. The highest BCUT2D eigenvalue weighted by atomic mass is 35.5. The molecule has 0 spiro atoms. The fourth-order valence-electron chi connectivity index (χ4n) is 2.58. The molecule has 1 aliphatic heterocycles. The number of aliphatic hydroxyl groups excluding tert-OH is 1. The lowest BCUT2D eigenvalue weighted by Crippen LogP contribution is -2.40.